The lowest BCUT2D eigenvalue weighted by Gasteiger charge is -2.23. The number of nitrogens with one attached hydrogen (secondary N) is 2. The summed E-state index contributed by atoms with van der Waals surface area (Å²) in [5.74, 6) is 3.40. The van der Waals surface area contributed by atoms with E-state index in [0.717, 1.165) is 11.3 Å². The van der Waals surface area contributed by atoms with Crippen molar-refractivity contribution in [3.05, 3.63) is 41.9 Å². The minimum atomic E-state index is 0.0923. The van der Waals surface area contributed by atoms with Crippen LogP contribution in [0.3, 0.4) is 0 Å². The quantitative estimate of drug-likeness (QED) is 0.502. The molecule has 0 aliphatic rings. The Morgan fingerprint density at radius 3 is 2.25 bits per heavy atom. The van der Waals surface area contributed by atoms with Crippen molar-refractivity contribution < 1.29 is 18.6 Å². The highest BCUT2D eigenvalue weighted by Gasteiger charge is 2.17. The van der Waals surface area contributed by atoms with Gasteiger partial charge in [-0.15, -0.1) is 0 Å². The van der Waals surface area contributed by atoms with Gasteiger partial charge in [0.25, 0.3) is 0 Å². The molecular formula is C20H30N4O4. The molecule has 8 nitrogen and oxygen atoms in total. The van der Waals surface area contributed by atoms with Crippen LogP contribution in [0.2, 0.25) is 0 Å². The van der Waals surface area contributed by atoms with E-state index in [0.29, 0.717) is 36.3 Å². The second-order valence-electron chi connectivity index (χ2n) is 6.34. The summed E-state index contributed by atoms with van der Waals surface area (Å²) < 4.78 is 21.7. The highest BCUT2D eigenvalue weighted by molar-refractivity contribution is 5.79. The molecule has 0 spiro atoms. The molecule has 2 rings (SSSR count). The first-order valence-corrected chi connectivity index (χ1v) is 8.97. The molecule has 0 aliphatic carbocycles. The van der Waals surface area contributed by atoms with E-state index in [1.54, 1.807) is 34.6 Å². The van der Waals surface area contributed by atoms with Gasteiger partial charge in [0, 0.05) is 20.1 Å². The number of hydrogen-bond acceptors (Lipinski definition) is 6. The average molecular weight is 390 g/mol. The lowest BCUT2D eigenvalue weighted by molar-refractivity contribution is 0.258. The normalized spacial score (nSPS) is 12.6. The number of nitrogens with zero attached hydrogens (tertiary/aromatic N) is 2. The van der Waals surface area contributed by atoms with Crippen LogP contribution in [0.4, 0.5) is 0 Å². The molecule has 1 unspecified atom stereocenters. The zero-order chi connectivity index (χ0) is 20.5. The first-order chi connectivity index (χ1) is 13.5. The predicted octanol–water partition coefficient (Wildman–Crippen LogP) is 2.27. The number of aliphatic imine (C=N–C) groups is 1. The summed E-state index contributed by atoms with van der Waals surface area (Å²) in [6.07, 6.45) is 1.68. The first-order valence-electron chi connectivity index (χ1n) is 8.97. The lowest BCUT2D eigenvalue weighted by atomic mass is 10.1. The van der Waals surface area contributed by atoms with Crippen molar-refractivity contribution >= 4 is 5.96 Å². The monoisotopic (exact) mass is 390 g/mol. The van der Waals surface area contributed by atoms with E-state index in [2.05, 4.69) is 20.5 Å². The van der Waals surface area contributed by atoms with E-state index in [4.69, 9.17) is 18.6 Å². The second-order valence-corrected chi connectivity index (χ2v) is 6.34. The third-order valence-corrected chi connectivity index (χ3v) is 4.37. The topological polar surface area (TPSA) is 80.5 Å². The number of ether oxygens (including phenoxy) is 3. The van der Waals surface area contributed by atoms with Gasteiger partial charge < -0.3 is 29.3 Å². The fraction of sp³-hybridized carbons (Fsp3) is 0.450. The van der Waals surface area contributed by atoms with Gasteiger partial charge in [0.2, 0.25) is 5.75 Å². The van der Waals surface area contributed by atoms with Crippen molar-refractivity contribution in [3.63, 3.8) is 0 Å². The van der Waals surface area contributed by atoms with Crippen LogP contribution in [0.15, 0.2) is 39.9 Å². The van der Waals surface area contributed by atoms with Gasteiger partial charge in [-0.1, -0.05) is 0 Å². The van der Waals surface area contributed by atoms with Crippen LogP contribution in [0, 0.1) is 0 Å². The molecular weight excluding hydrogens is 360 g/mol. The van der Waals surface area contributed by atoms with Crippen LogP contribution >= 0.6 is 0 Å². The number of likely N-dealkylation sites (N-methyl/N-ethyl adjacent to an activating group) is 1. The van der Waals surface area contributed by atoms with Gasteiger partial charge in [-0.2, -0.15) is 0 Å². The number of guanidine groups is 1. The molecule has 1 aromatic heterocycles. The van der Waals surface area contributed by atoms with Crippen molar-refractivity contribution in [1.82, 2.24) is 15.5 Å². The van der Waals surface area contributed by atoms with Crippen LogP contribution in [0.5, 0.6) is 17.2 Å². The van der Waals surface area contributed by atoms with Crippen molar-refractivity contribution in [1.29, 1.82) is 0 Å². The van der Waals surface area contributed by atoms with Crippen LogP contribution in [-0.2, 0) is 6.54 Å². The summed E-state index contributed by atoms with van der Waals surface area (Å²) in [6.45, 7) is 1.19. The molecule has 1 aromatic carbocycles. The minimum absolute atomic E-state index is 0.0923. The molecule has 8 heteroatoms. The average Bonchev–Trinajstić information content (AvgIpc) is 3.23. The molecule has 0 fully saturated rings. The maximum absolute atomic E-state index is 5.54. The Hall–Kier alpha value is -2.87. The minimum Gasteiger partial charge on any atom is -0.493 e. The third-order valence-electron chi connectivity index (χ3n) is 4.37. The molecule has 0 radical (unpaired) electrons. The molecule has 2 N–H and O–H groups in total. The zero-order valence-electron chi connectivity index (χ0n) is 17.4. The molecule has 0 saturated heterocycles. The molecule has 0 aliphatic heterocycles. The Morgan fingerprint density at radius 2 is 1.79 bits per heavy atom. The van der Waals surface area contributed by atoms with Crippen LogP contribution in [0.25, 0.3) is 0 Å². The second kappa shape index (κ2) is 10.5. The van der Waals surface area contributed by atoms with Gasteiger partial charge in [-0.25, -0.2) is 0 Å². The van der Waals surface area contributed by atoms with E-state index < -0.39 is 0 Å². The Labute approximate surface area is 166 Å². The van der Waals surface area contributed by atoms with Crippen LogP contribution in [0.1, 0.15) is 17.4 Å². The number of benzene rings is 1. The molecule has 0 saturated carbocycles. The smallest absolute Gasteiger partial charge is 0.203 e. The van der Waals surface area contributed by atoms with Crippen molar-refractivity contribution in [3.8, 4) is 17.2 Å². The number of hydrogen-bond donors (Lipinski definition) is 2. The molecule has 1 atom stereocenters. The molecule has 28 heavy (non-hydrogen) atoms. The van der Waals surface area contributed by atoms with Gasteiger partial charge in [0.15, 0.2) is 17.5 Å². The van der Waals surface area contributed by atoms with E-state index in [1.165, 1.54) is 0 Å². The van der Waals surface area contributed by atoms with Gasteiger partial charge in [0.05, 0.1) is 33.6 Å². The largest absolute Gasteiger partial charge is 0.493 e. The van der Waals surface area contributed by atoms with Gasteiger partial charge in [0.1, 0.15) is 5.76 Å². The van der Waals surface area contributed by atoms with Crippen molar-refractivity contribution in [2.45, 2.75) is 12.6 Å². The van der Waals surface area contributed by atoms with Gasteiger partial charge >= 0.3 is 0 Å². The summed E-state index contributed by atoms with van der Waals surface area (Å²) >= 11 is 0. The summed E-state index contributed by atoms with van der Waals surface area (Å²) in [5.41, 5.74) is 0.979. The highest BCUT2D eigenvalue weighted by atomic mass is 16.5. The SMILES string of the molecule is CN=C(NCc1cc(OC)c(OC)c(OC)c1)NCC(c1ccco1)N(C)C. The third kappa shape index (κ3) is 5.32. The van der Waals surface area contributed by atoms with E-state index in [1.807, 2.05) is 38.4 Å². The van der Waals surface area contributed by atoms with E-state index in [-0.39, 0.29) is 6.04 Å². The Morgan fingerprint density at radius 1 is 1.11 bits per heavy atom. The fourth-order valence-electron chi connectivity index (χ4n) is 2.86. The summed E-state index contributed by atoms with van der Waals surface area (Å²) in [6, 6.07) is 7.77. The molecule has 2 aromatic rings. The van der Waals surface area contributed by atoms with Gasteiger partial charge in [-0.05, 0) is 43.9 Å². The molecule has 0 amide bonds. The highest BCUT2D eigenvalue weighted by Crippen LogP contribution is 2.38. The van der Waals surface area contributed by atoms with Crippen molar-refractivity contribution in [2.24, 2.45) is 4.99 Å². The maximum atomic E-state index is 5.54. The Kier molecular flexibility index (Phi) is 8.01. The fourth-order valence-corrected chi connectivity index (χ4v) is 2.86. The van der Waals surface area contributed by atoms with Crippen molar-refractivity contribution in [2.75, 3.05) is 49.0 Å². The van der Waals surface area contributed by atoms with Crippen LogP contribution in [-0.4, -0.2) is 59.9 Å². The Bertz CT molecular complexity index is 735. The molecule has 154 valence electrons. The predicted molar refractivity (Wildman–Crippen MR) is 109 cm³/mol. The summed E-state index contributed by atoms with van der Waals surface area (Å²) in [7, 11) is 10.6. The Balaban J connectivity index is 2.02. The number of furan rings is 1. The standard InChI is InChI=1S/C20H30N4O4/c1-21-20(23-13-15(24(2)3)16-8-7-9-28-16)22-12-14-10-17(25-4)19(27-6)18(11-14)26-5/h7-11,15H,12-13H2,1-6H3,(H2,21,22,23). The number of rotatable bonds is 9. The van der Waals surface area contributed by atoms with Gasteiger partial charge in [-0.3, -0.25) is 9.89 Å². The lowest BCUT2D eigenvalue weighted by Crippen LogP contribution is -2.41. The summed E-state index contributed by atoms with van der Waals surface area (Å²) in [4.78, 5) is 6.39. The molecule has 0 bridgehead atoms. The van der Waals surface area contributed by atoms with E-state index in [9.17, 15) is 0 Å². The zero-order valence-corrected chi connectivity index (χ0v) is 17.4. The molecule has 1 heterocycles. The van der Waals surface area contributed by atoms with E-state index >= 15 is 0 Å². The maximum Gasteiger partial charge on any atom is 0.203 e. The summed E-state index contributed by atoms with van der Waals surface area (Å²) in [5, 5.41) is 6.64. The number of methoxy groups -OCH3 is 3. The van der Waals surface area contributed by atoms with Crippen LogP contribution < -0.4 is 24.8 Å². The first kappa shape index (κ1) is 21.4.